The molecule has 2 aromatic heterocycles. The average molecular weight is 555 g/mol. The molecule has 1 aliphatic rings. The molecule has 5 rings (SSSR count). The third-order valence-corrected chi connectivity index (χ3v) is 8.93. The predicted molar refractivity (Wildman–Crippen MR) is 149 cm³/mol. The van der Waals surface area contributed by atoms with Crippen LogP contribution in [0.2, 0.25) is 5.02 Å². The van der Waals surface area contributed by atoms with Gasteiger partial charge in [-0.15, -0.1) is 11.3 Å². The van der Waals surface area contributed by atoms with Gasteiger partial charge in [0, 0.05) is 16.0 Å². The van der Waals surface area contributed by atoms with Gasteiger partial charge in [0.15, 0.2) is 5.16 Å². The number of rotatable bonds is 6. The topological polar surface area (TPSA) is 107 Å². The summed E-state index contributed by atoms with van der Waals surface area (Å²) in [6, 6.07) is 9.98. The number of nitro groups is 1. The van der Waals surface area contributed by atoms with E-state index in [0.717, 1.165) is 54.1 Å². The third kappa shape index (κ3) is 4.88. The van der Waals surface area contributed by atoms with Crippen molar-refractivity contribution >= 4 is 62.2 Å². The lowest BCUT2D eigenvalue weighted by Gasteiger charge is -2.16. The number of thiophene rings is 1. The second-order valence-corrected chi connectivity index (χ2v) is 11.4. The first-order valence-electron chi connectivity index (χ1n) is 11.7. The van der Waals surface area contributed by atoms with E-state index >= 15 is 0 Å². The first-order chi connectivity index (χ1) is 17.7. The molecule has 0 radical (unpaired) electrons. The number of nitrogens with one attached hydrogen (secondary N) is 1. The zero-order valence-corrected chi connectivity index (χ0v) is 22.6. The Balaban J connectivity index is 1.54. The number of anilines is 1. The van der Waals surface area contributed by atoms with Crippen molar-refractivity contribution in [2.24, 2.45) is 0 Å². The summed E-state index contributed by atoms with van der Waals surface area (Å²) in [6.45, 7) is 3.59. The third-order valence-electron chi connectivity index (χ3n) is 6.39. The molecule has 1 aliphatic carbocycles. The van der Waals surface area contributed by atoms with Crippen LogP contribution in [-0.4, -0.2) is 26.1 Å². The SMILES string of the molecule is Cc1ccc(NC(=O)CSc2nc3sc4c(c3c(=O)n2-c2cccc(Cl)c2C)CCCC4)c([N+](=O)[O-])c1. The minimum atomic E-state index is -0.524. The van der Waals surface area contributed by atoms with E-state index in [4.69, 9.17) is 16.6 Å². The van der Waals surface area contributed by atoms with Gasteiger partial charge in [-0.25, -0.2) is 4.98 Å². The van der Waals surface area contributed by atoms with E-state index in [9.17, 15) is 19.7 Å². The lowest BCUT2D eigenvalue weighted by Crippen LogP contribution is -2.24. The average Bonchev–Trinajstić information content (AvgIpc) is 3.24. The number of amides is 1. The fraction of sp³-hybridized carbons (Fsp3) is 0.269. The standard InChI is InChI=1S/C26H23ClN4O4S2/c1-14-10-11-18(20(12-14)31(34)35)28-22(32)13-36-26-29-24-23(16-6-3-4-9-21(16)37-24)25(33)30(26)19-8-5-7-17(27)15(19)2/h5,7-8,10-12H,3-4,6,9,13H2,1-2H3,(H,28,32). The molecule has 2 aromatic carbocycles. The maximum Gasteiger partial charge on any atom is 0.293 e. The molecule has 190 valence electrons. The molecule has 0 fully saturated rings. The number of fused-ring (bicyclic) bond motifs is 3. The molecule has 37 heavy (non-hydrogen) atoms. The smallest absolute Gasteiger partial charge is 0.293 e. The van der Waals surface area contributed by atoms with Gasteiger partial charge < -0.3 is 5.32 Å². The maximum atomic E-state index is 13.9. The van der Waals surface area contributed by atoms with Crippen molar-refractivity contribution in [3.8, 4) is 5.69 Å². The van der Waals surface area contributed by atoms with E-state index in [1.54, 1.807) is 36.5 Å². The minimum absolute atomic E-state index is 0.0896. The molecule has 0 atom stereocenters. The van der Waals surface area contributed by atoms with Crippen LogP contribution in [0.5, 0.6) is 0 Å². The number of aryl methyl sites for hydroxylation is 3. The van der Waals surface area contributed by atoms with E-state index in [0.29, 0.717) is 26.1 Å². The molecule has 0 saturated heterocycles. The Bertz CT molecular complexity index is 1630. The highest BCUT2D eigenvalue weighted by Crippen LogP contribution is 2.36. The van der Waals surface area contributed by atoms with Crippen LogP contribution in [0.1, 0.15) is 34.4 Å². The van der Waals surface area contributed by atoms with Gasteiger partial charge in [0.2, 0.25) is 5.91 Å². The quantitative estimate of drug-likeness (QED) is 0.131. The normalized spacial score (nSPS) is 12.9. The zero-order valence-electron chi connectivity index (χ0n) is 20.2. The summed E-state index contributed by atoms with van der Waals surface area (Å²) >= 11 is 9.04. The van der Waals surface area contributed by atoms with Gasteiger partial charge in [-0.1, -0.05) is 35.5 Å². The fourth-order valence-electron chi connectivity index (χ4n) is 4.55. The summed E-state index contributed by atoms with van der Waals surface area (Å²) in [5, 5.41) is 15.6. The Kier molecular flexibility index (Phi) is 7.06. The maximum absolute atomic E-state index is 13.9. The highest BCUT2D eigenvalue weighted by molar-refractivity contribution is 7.99. The largest absolute Gasteiger partial charge is 0.320 e. The number of hydrogen-bond donors (Lipinski definition) is 1. The zero-order chi connectivity index (χ0) is 26.3. The molecule has 4 aromatic rings. The van der Waals surface area contributed by atoms with Gasteiger partial charge in [-0.2, -0.15) is 0 Å². The summed E-state index contributed by atoms with van der Waals surface area (Å²) in [5.41, 5.74) is 2.92. The number of carbonyl (C=O) groups excluding carboxylic acids is 1. The molecule has 1 N–H and O–H groups in total. The van der Waals surface area contributed by atoms with Crippen molar-refractivity contribution in [2.45, 2.75) is 44.7 Å². The van der Waals surface area contributed by atoms with Gasteiger partial charge >= 0.3 is 0 Å². The van der Waals surface area contributed by atoms with Crippen LogP contribution < -0.4 is 10.9 Å². The number of hydrogen-bond acceptors (Lipinski definition) is 7. The molecule has 11 heteroatoms. The van der Waals surface area contributed by atoms with Crippen molar-refractivity contribution in [3.05, 3.63) is 83.5 Å². The van der Waals surface area contributed by atoms with Crippen LogP contribution >= 0.6 is 34.7 Å². The number of carbonyl (C=O) groups is 1. The van der Waals surface area contributed by atoms with E-state index in [-0.39, 0.29) is 22.7 Å². The molecule has 8 nitrogen and oxygen atoms in total. The Hall–Kier alpha value is -3.21. The predicted octanol–water partition coefficient (Wildman–Crippen LogP) is 6.24. The summed E-state index contributed by atoms with van der Waals surface area (Å²) in [4.78, 5) is 44.4. The van der Waals surface area contributed by atoms with Crippen molar-refractivity contribution in [1.82, 2.24) is 9.55 Å². The monoisotopic (exact) mass is 554 g/mol. The molecule has 1 amide bonds. The van der Waals surface area contributed by atoms with Gasteiger partial charge in [-0.05, 0) is 74.4 Å². The highest BCUT2D eigenvalue weighted by atomic mass is 35.5. The Labute approximate surface area is 225 Å². The van der Waals surface area contributed by atoms with E-state index in [1.165, 1.54) is 21.6 Å². The van der Waals surface area contributed by atoms with Crippen LogP contribution in [0.3, 0.4) is 0 Å². The lowest BCUT2D eigenvalue weighted by molar-refractivity contribution is -0.384. The Morgan fingerprint density at radius 3 is 2.81 bits per heavy atom. The first-order valence-corrected chi connectivity index (χ1v) is 13.9. The van der Waals surface area contributed by atoms with Crippen molar-refractivity contribution in [3.63, 3.8) is 0 Å². The second-order valence-electron chi connectivity index (χ2n) is 8.92. The van der Waals surface area contributed by atoms with Crippen molar-refractivity contribution in [2.75, 3.05) is 11.1 Å². The summed E-state index contributed by atoms with van der Waals surface area (Å²) in [7, 11) is 0. The van der Waals surface area contributed by atoms with E-state index < -0.39 is 10.8 Å². The van der Waals surface area contributed by atoms with Crippen LogP contribution in [0.4, 0.5) is 11.4 Å². The van der Waals surface area contributed by atoms with Crippen molar-refractivity contribution in [1.29, 1.82) is 0 Å². The van der Waals surface area contributed by atoms with Crippen LogP contribution in [-0.2, 0) is 17.6 Å². The molecular weight excluding hydrogens is 532 g/mol. The Morgan fingerprint density at radius 1 is 1.24 bits per heavy atom. The van der Waals surface area contributed by atoms with E-state index in [1.807, 2.05) is 13.0 Å². The molecule has 0 spiro atoms. The number of thioether (sulfide) groups is 1. The molecule has 2 heterocycles. The number of nitrogens with zero attached hydrogens (tertiary/aromatic N) is 3. The summed E-state index contributed by atoms with van der Waals surface area (Å²) in [5.74, 6) is -0.528. The summed E-state index contributed by atoms with van der Waals surface area (Å²) < 4.78 is 1.54. The Morgan fingerprint density at radius 2 is 2.03 bits per heavy atom. The van der Waals surface area contributed by atoms with Gasteiger partial charge in [-0.3, -0.25) is 24.3 Å². The highest BCUT2D eigenvalue weighted by Gasteiger charge is 2.24. The number of aromatic nitrogens is 2. The van der Waals surface area contributed by atoms with Crippen LogP contribution in [0.15, 0.2) is 46.3 Å². The molecular formula is C26H23ClN4O4S2. The van der Waals surface area contributed by atoms with Gasteiger partial charge in [0.25, 0.3) is 11.2 Å². The number of halogens is 1. The lowest BCUT2D eigenvalue weighted by atomic mass is 9.97. The molecule has 0 saturated carbocycles. The summed E-state index contributed by atoms with van der Waals surface area (Å²) in [6.07, 6.45) is 3.92. The molecule has 0 unspecified atom stereocenters. The minimum Gasteiger partial charge on any atom is -0.320 e. The molecule has 0 bridgehead atoms. The van der Waals surface area contributed by atoms with Gasteiger partial charge in [0.1, 0.15) is 10.5 Å². The number of nitro benzene ring substituents is 1. The van der Waals surface area contributed by atoms with Crippen LogP contribution in [0, 0.1) is 24.0 Å². The van der Waals surface area contributed by atoms with Gasteiger partial charge in [0.05, 0.1) is 21.7 Å². The number of benzene rings is 2. The fourth-order valence-corrected chi connectivity index (χ4v) is 6.83. The van der Waals surface area contributed by atoms with E-state index in [2.05, 4.69) is 5.32 Å². The van der Waals surface area contributed by atoms with Crippen molar-refractivity contribution < 1.29 is 9.72 Å². The van der Waals surface area contributed by atoms with Crippen LogP contribution in [0.25, 0.3) is 15.9 Å². The first kappa shape index (κ1) is 25.4. The molecule has 0 aliphatic heterocycles. The second kappa shape index (κ2) is 10.3.